The first-order chi connectivity index (χ1) is 7.13. The second-order valence-corrected chi connectivity index (χ2v) is 5.34. The Hall–Kier alpha value is -0.0900. The van der Waals surface area contributed by atoms with E-state index < -0.39 is 0 Å². The molecule has 2 atom stereocenters. The molecule has 1 aromatic heterocycles. The molecule has 0 aliphatic heterocycles. The molecular formula is C11H18ClNOS. The minimum atomic E-state index is 0.331. The first-order valence-electron chi connectivity index (χ1n) is 5.22. The van der Waals surface area contributed by atoms with Crippen LogP contribution in [0.2, 0.25) is 4.34 Å². The molecule has 2 unspecified atom stereocenters. The van der Waals surface area contributed by atoms with Crippen LogP contribution in [0.4, 0.5) is 0 Å². The van der Waals surface area contributed by atoms with Crippen molar-refractivity contribution in [3.8, 4) is 0 Å². The van der Waals surface area contributed by atoms with Gasteiger partial charge >= 0.3 is 0 Å². The van der Waals surface area contributed by atoms with Crippen molar-refractivity contribution in [1.29, 1.82) is 0 Å². The standard InChI is InChI=1S/C11H18ClNOS/c1-4-14-7-8(2)13-9(3)10-5-6-11(12)15-10/h5-6,8-9,13H,4,7H2,1-3H3. The summed E-state index contributed by atoms with van der Waals surface area (Å²) in [5, 5.41) is 3.47. The zero-order valence-electron chi connectivity index (χ0n) is 9.42. The van der Waals surface area contributed by atoms with Gasteiger partial charge in [-0.2, -0.15) is 0 Å². The minimum absolute atomic E-state index is 0.331. The fourth-order valence-electron chi connectivity index (χ4n) is 1.41. The first-order valence-corrected chi connectivity index (χ1v) is 6.42. The molecule has 1 rings (SSSR count). The fraction of sp³-hybridized carbons (Fsp3) is 0.636. The summed E-state index contributed by atoms with van der Waals surface area (Å²) in [5.74, 6) is 0. The predicted molar refractivity (Wildman–Crippen MR) is 66.8 cm³/mol. The van der Waals surface area contributed by atoms with Crippen LogP contribution in [-0.4, -0.2) is 19.3 Å². The van der Waals surface area contributed by atoms with Crippen LogP contribution in [-0.2, 0) is 4.74 Å². The van der Waals surface area contributed by atoms with Crippen molar-refractivity contribution in [3.63, 3.8) is 0 Å². The molecule has 0 spiro atoms. The third-order valence-corrected chi connectivity index (χ3v) is 3.54. The molecule has 1 N–H and O–H groups in total. The lowest BCUT2D eigenvalue weighted by atomic mass is 10.2. The Labute approximate surface area is 101 Å². The van der Waals surface area contributed by atoms with Crippen LogP contribution in [0.5, 0.6) is 0 Å². The van der Waals surface area contributed by atoms with Gasteiger partial charge in [0.15, 0.2) is 0 Å². The van der Waals surface area contributed by atoms with Gasteiger partial charge in [-0.1, -0.05) is 11.6 Å². The van der Waals surface area contributed by atoms with E-state index in [2.05, 4.69) is 25.2 Å². The molecule has 2 nitrogen and oxygen atoms in total. The van der Waals surface area contributed by atoms with E-state index in [9.17, 15) is 0 Å². The average molecular weight is 248 g/mol. The third kappa shape index (κ3) is 4.51. The lowest BCUT2D eigenvalue weighted by Crippen LogP contribution is -2.32. The zero-order valence-corrected chi connectivity index (χ0v) is 11.0. The van der Waals surface area contributed by atoms with Crippen LogP contribution in [0.15, 0.2) is 12.1 Å². The predicted octanol–water partition coefficient (Wildman–Crippen LogP) is 3.48. The molecule has 0 aromatic carbocycles. The van der Waals surface area contributed by atoms with E-state index in [1.807, 2.05) is 13.0 Å². The molecule has 0 aliphatic rings. The molecule has 0 amide bonds. The van der Waals surface area contributed by atoms with Crippen molar-refractivity contribution < 1.29 is 4.74 Å². The highest BCUT2D eigenvalue weighted by atomic mass is 35.5. The maximum Gasteiger partial charge on any atom is 0.0931 e. The van der Waals surface area contributed by atoms with Gasteiger partial charge in [-0.05, 0) is 32.9 Å². The van der Waals surface area contributed by atoms with E-state index in [0.29, 0.717) is 12.1 Å². The lowest BCUT2D eigenvalue weighted by molar-refractivity contribution is 0.124. The molecule has 4 heteroatoms. The van der Waals surface area contributed by atoms with Gasteiger partial charge in [0, 0.05) is 23.6 Å². The summed E-state index contributed by atoms with van der Waals surface area (Å²) >= 11 is 7.51. The van der Waals surface area contributed by atoms with Crippen LogP contribution in [0, 0.1) is 0 Å². The number of rotatable bonds is 6. The van der Waals surface area contributed by atoms with Crippen LogP contribution >= 0.6 is 22.9 Å². The van der Waals surface area contributed by atoms with E-state index in [0.717, 1.165) is 17.6 Å². The Balaban J connectivity index is 2.38. The van der Waals surface area contributed by atoms with Crippen molar-refractivity contribution >= 4 is 22.9 Å². The number of thiophene rings is 1. The number of nitrogens with one attached hydrogen (secondary N) is 1. The van der Waals surface area contributed by atoms with Crippen molar-refractivity contribution in [3.05, 3.63) is 21.3 Å². The Morgan fingerprint density at radius 3 is 2.73 bits per heavy atom. The van der Waals surface area contributed by atoms with Crippen molar-refractivity contribution in [2.45, 2.75) is 32.9 Å². The van der Waals surface area contributed by atoms with Gasteiger partial charge < -0.3 is 10.1 Å². The van der Waals surface area contributed by atoms with E-state index >= 15 is 0 Å². The third-order valence-electron chi connectivity index (χ3n) is 2.13. The van der Waals surface area contributed by atoms with Gasteiger partial charge in [0.2, 0.25) is 0 Å². The second-order valence-electron chi connectivity index (χ2n) is 3.59. The topological polar surface area (TPSA) is 21.3 Å². The minimum Gasteiger partial charge on any atom is -0.380 e. The van der Waals surface area contributed by atoms with Gasteiger partial charge in [-0.25, -0.2) is 0 Å². The Morgan fingerprint density at radius 2 is 2.20 bits per heavy atom. The number of hydrogen-bond donors (Lipinski definition) is 1. The van der Waals surface area contributed by atoms with Crippen molar-refractivity contribution in [1.82, 2.24) is 5.32 Å². The van der Waals surface area contributed by atoms with Gasteiger partial charge in [0.1, 0.15) is 0 Å². The normalized spacial score (nSPS) is 15.2. The summed E-state index contributed by atoms with van der Waals surface area (Å²) in [6.45, 7) is 7.80. The molecule has 0 saturated heterocycles. The molecule has 1 aromatic rings. The zero-order chi connectivity index (χ0) is 11.3. The Bertz CT molecular complexity index is 290. The molecular weight excluding hydrogens is 230 g/mol. The Morgan fingerprint density at radius 1 is 1.47 bits per heavy atom. The van der Waals surface area contributed by atoms with Crippen LogP contribution in [0.25, 0.3) is 0 Å². The summed E-state index contributed by atoms with van der Waals surface area (Å²) < 4.78 is 6.20. The summed E-state index contributed by atoms with van der Waals surface area (Å²) in [6.07, 6.45) is 0. The molecule has 0 aliphatic carbocycles. The quantitative estimate of drug-likeness (QED) is 0.831. The van der Waals surface area contributed by atoms with Crippen LogP contribution in [0.3, 0.4) is 0 Å². The maximum atomic E-state index is 5.89. The highest BCUT2D eigenvalue weighted by Crippen LogP contribution is 2.26. The molecule has 0 bridgehead atoms. The smallest absolute Gasteiger partial charge is 0.0931 e. The molecule has 86 valence electrons. The average Bonchev–Trinajstić information content (AvgIpc) is 2.61. The van der Waals surface area contributed by atoms with E-state index in [4.69, 9.17) is 16.3 Å². The number of halogens is 1. The van der Waals surface area contributed by atoms with Crippen LogP contribution < -0.4 is 5.32 Å². The van der Waals surface area contributed by atoms with Crippen molar-refractivity contribution in [2.24, 2.45) is 0 Å². The number of ether oxygens (including phenoxy) is 1. The molecule has 15 heavy (non-hydrogen) atoms. The van der Waals surface area contributed by atoms with Gasteiger partial charge in [0.05, 0.1) is 10.9 Å². The van der Waals surface area contributed by atoms with Gasteiger partial charge in [-0.15, -0.1) is 11.3 Å². The maximum absolute atomic E-state index is 5.89. The SMILES string of the molecule is CCOCC(C)NC(C)c1ccc(Cl)s1. The van der Waals surface area contributed by atoms with E-state index in [1.165, 1.54) is 4.88 Å². The largest absolute Gasteiger partial charge is 0.380 e. The molecule has 0 fully saturated rings. The highest BCUT2D eigenvalue weighted by molar-refractivity contribution is 7.16. The Kier molecular flexibility index (Phi) is 5.61. The van der Waals surface area contributed by atoms with Crippen molar-refractivity contribution in [2.75, 3.05) is 13.2 Å². The summed E-state index contributed by atoms with van der Waals surface area (Å²) in [5.41, 5.74) is 0. The number of hydrogen-bond acceptors (Lipinski definition) is 3. The molecule has 0 saturated carbocycles. The second kappa shape index (κ2) is 6.48. The summed E-state index contributed by atoms with van der Waals surface area (Å²) in [7, 11) is 0. The van der Waals surface area contributed by atoms with Gasteiger partial charge in [-0.3, -0.25) is 0 Å². The van der Waals surface area contributed by atoms with Gasteiger partial charge in [0.25, 0.3) is 0 Å². The first kappa shape index (κ1) is 13.0. The van der Waals surface area contributed by atoms with E-state index in [-0.39, 0.29) is 0 Å². The van der Waals surface area contributed by atoms with Crippen LogP contribution in [0.1, 0.15) is 31.7 Å². The highest BCUT2D eigenvalue weighted by Gasteiger charge is 2.11. The van der Waals surface area contributed by atoms with E-state index in [1.54, 1.807) is 11.3 Å². The molecule has 1 heterocycles. The monoisotopic (exact) mass is 247 g/mol. The summed E-state index contributed by atoms with van der Waals surface area (Å²) in [4.78, 5) is 1.27. The fourth-order valence-corrected chi connectivity index (χ4v) is 2.49. The molecule has 0 radical (unpaired) electrons. The lowest BCUT2D eigenvalue weighted by Gasteiger charge is -2.18. The summed E-state index contributed by atoms with van der Waals surface area (Å²) in [6, 6.07) is 4.70.